The van der Waals surface area contributed by atoms with Gasteiger partial charge in [0.2, 0.25) is 0 Å². The van der Waals surface area contributed by atoms with Gasteiger partial charge in [0.15, 0.2) is 9.84 Å². The number of sulfone groups is 1. The van der Waals surface area contributed by atoms with Crippen LogP contribution in [0.4, 0.5) is 4.39 Å². The molecule has 2 rings (SSSR count). The van der Waals surface area contributed by atoms with Crippen LogP contribution in [0.3, 0.4) is 0 Å². The summed E-state index contributed by atoms with van der Waals surface area (Å²) >= 11 is 0. The fourth-order valence-electron chi connectivity index (χ4n) is 1.73. The zero-order valence-electron chi connectivity index (χ0n) is 7.40. The molecule has 76 valence electrons. The van der Waals surface area contributed by atoms with Crippen LogP contribution in [0.15, 0.2) is 23.1 Å². The molecule has 0 amide bonds. The van der Waals surface area contributed by atoms with Crippen molar-refractivity contribution < 1.29 is 12.8 Å². The van der Waals surface area contributed by atoms with Crippen molar-refractivity contribution in [3.05, 3.63) is 29.6 Å². The maximum atomic E-state index is 13.2. The number of hydrogen-bond donors (Lipinski definition) is 1. The highest BCUT2D eigenvalue weighted by molar-refractivity contribution is 7.92. The average molecular weight is 215 g/mol. The molecule has 0 saturated heterocycles. The Kier molecular flexibility index (Phi) is 2.08. The second kappa shape index (κ2) is 3.03. The Balaban J connectivity index is 2.66. The summed E-state index contributed by atoms with van der Waals surface area (Å²) in [6.45, 7) is 0.0381. The molecule has 1 heterocycles. The minimum Gasteiger partial charge on any atom is -0.329 e. The van der Waals surface area contributed by atoms with E-state index < -0.39 is 20.9 Å². The molecule has 1 aromatic rings. The van der Waals surface area contributed by atoms with Gasteiger partial charge in [0, 0.05) is 12.1 Å². The molecular weight excluding hydrogens is 205 g/mol. The molecule has 0 fully saturated rings. The molecule has 2 N–H and O–H groups in total. The first-order valence-corrected chi connectivity index (χ1v) is 5.83. The van der Waals surface area contributed by atoms with Crippen molar-refractivity contribution in [2.24, 2.45) is 5.73 Å². The summed E-state index contributed by atoms with van der Waals surface area (Å²) in [5.74, 6) is -0.456. The first kappa shape index (κ1) is 9.61. The SMILES string of the molecule is NCC1Cc2c(F)cccc2S1(=O)=O. The Bertz CT molecular complexity index is 470. The average Bonchev–Trinajstić information content (AvgIpc) is 2.40. The first-order chi connectivity index (χ1) is 6.57. The van der Waals surface area contributed by atoms with E-state index >= 15 is 0 Å². The largest absolute Gasteiger partial charge is 0.329 e. The predicted molar refractivity (Wildman–Crippen MR) is 50.1 cm³/mol. The topological polar surface area (TPSA) is 60.2 Å². The van der Waals surface area contributed by atoms with Crippen LogP contribution in [0, 0.1) is 5.82 Å². The van der Waals surface area contributed by atoms with E-state index in [1.165, 1.54) is 18.2 Å². The van der Waals surface area contributed by atoms with Crippen LogP contribution < -0.4 is 5.73 Å². The molecule has 0 radical (unpaired) electrons. The third kappa shape index (κ3) is 1.16. The van der Waals surface area contributed by atoms with Gasteiger partial charge in [0.1, 0.15) is 5.82 Å². The van der Waals surface area contributed by atoms with Crippen LogP contribution in [0.5, 0.6) is 0 Å². The van der Waals surface area contributed by atoms with Crippen LogP contribution in [0.2, 0.25) is 0 Å². The van der Waals surface area contributed by atoms with Gasteiger partial charge in [-0.3, -0.25) is 0 Å². The van der Waals surface area contributed by atoms with Gasteiger partial charge in [0.05, 0.1) is 10.1 Å². The standard InChI is InChI=1S/C9H10FNO2S/c10-8-2-1-3-9-7(8)4-6(5-11)14(9,12)13/h1-3,6H,4-5,11H2. The monoisotopic (exact) mass is 215 g/mol. The highest BCUT2D eigenvalue weighted by Gasteiger charge is 2.37. The molecule has 0 saturated carbocycles. The number of halogens is 1. The van der Waals surface area contributed by atoms with Crippen LogP contribution in [0.25, 0.3) is 0 Å². The van der Waals surface area contributed by atoms with Gasteiger partial charge >= 0.3 is 0 Å². The van der Waals surface area contributed by atoms with Gasteiger partial charge in [-0.2, -0.15) is 0 Å². The lowest BCUT2D eigenvalue weighted by Crippen LogP contribution is -2.26. The lowest BCUT2D eigenvalue weighted by Gasteiger charge is -2.03. The zero-order chi connectivity index (χ0) is 10.3. The number of benzene rings is 1. The van der Waals surface area contributed by atoms with Gasteiger partial charge in [0.25, 0.3) is 0 Å². The highest BCUT2D eigenvalue weighted by Crippen LogP contribution is 2.32. The van der Waals surface area contributed by atoms with Gasteiger partial charge in [-0.1, -0.05) is 6.07 Å². The second-order valence-electron chi connectivity index (χ2n) is 3.32. The molecule has 0 bridgehead atoms. The number of rotatable bonds is 1. The van der Waals surface area contributed by atoms with E-state index in [4.69, 9.17) is 5.73 Å². The van der Waals surface area contributed by atoms with E-state index in [-0.39, 0.29) is 23.4 Å². The minimum absolute atomic E-state index is 0.0381. The van der Waals surface area contributed by atoms with Crippen LogP contribution in [-0.4, -0.2) is 20.2 Å². The van der Waals surface area contributed by atoms with Gasteiger partial charge in [-0.05, 0) is 18.6 Å². The molecule has 14 heavy (non-hydrogen) atoms. The Hall–Kier alpha value is -0.940. The fraction of sp³-hybridized carbons (Fsp3) is 0.333. The molecule has 1 unspecified atom stereocenters. The maximum absolute atomic E-state index is 13.2. The van der Waals surface area contributed by atoms with Crippen molar-refractivity contribution in [3.8, 4) is 0 Å². The summed E-state index contributed by atoms with van der Waals surface area (Å²) in [6.07, 6.45) is 0.195. The van der Waals surface area contributed by atoms with E-state index in [1.807, 2.05) is 0 Å². The van der Waals surface area contributed by atoms with E-state index in [0.717, 1.165) is 0 Å². The normalized spacial score (nSPS) is 23.4. The Morgan fingerprint density at radius 2 is 2.21 bits per heavy atom. The second-order valence-corrected chi connectivity index (χ2v) is 5.52. The molecule has 5 heteroatoms. The molecule has 1 aliphatic rings. The molecule has 3 nitrogen and oxygen atoms in total. The van der Waals surface area contributed by atoms with E-state index in [0.29, 0.717) is 0 Å². The highest BCUT2D eigenvalue weighted by atomic mass is 32.2. The van der Waals surface area contributed by atoms with Crippen molar-refractivity contribution in [2.75, 3.05) is 6.54 Å². The smallest absolute Gasteiger partial charge is 0.183 e. The fourth-order valence-corrected chi connectivity index (χ4v) is 3.52. The van der Waals surface area contributed by atoms with E-state index in [2.05, 4.69) is 0 Å². The zero-order valence-corrected chi connectivity index (χ0v) is 8.22. The Morgan fingerprint density at radius 1 is 1.50 bits per heavy atom. The molecule has 0 aromatic heterocycles. The third-order valence-corrected chi connectivity index (χ3v) is 4.75. The molecule has 0 aliphatic carbocycles. The van der Waals surface area contributed by atoms with Crippen LogP contribution >= 0.6 is 0 Å². The molecule has 1 atom stereocenters. The summed E-state index contributed by atoms with van der Waals surface area (Å²) in [6, 6.07) is 4.11. The predicted octanol–water partition coefficient (Wildman–Crippen LogP) is 0.483. The van der Waals surface area contributed by atoms with Crippen molar-refractivity contribution in [3.63, 3.8) is 0 Å². The number of hydrogen-bond acceptors (Lipinski definition) is 3. The van der Waals surface area contributed by atoms with Gasteiger partial charge < -0.3 is 5.73 Å². The van der Waals surface area contributed by atoms with Crippen LogP contribution in [-0.2, 0) is 16.3 Å². The summed E-state index contributed by atoms with van der Waals surface area (Å²) in [5.41, 5.74) is 5.62. The van der Waals surface area contributed by atoms with Crippen molar-refractivity contribution in [1.82, 2.24) is 0 Å². The van der Waals surface area contributed by atoms with Gasteiger partial charge in [-0.25, -0.2) is 12.8 Å². The minimum atomic E-state index is -3.38. The van der Waals surface area contributed by atoms with E-state index in [1.54, 1.807) is 0 Å². The summed E-state index contributed by atoms with van der Waals surface area (Å²) in [4.78, 5) is 0.105. The van der Waals surface area contributed by atoms with Gasteiger partial charge in [-0.15, -0.1) is 0 Å². The Morgan fingerprint density at radius 3 is 2.79 bits per heavy atom. The summed E-state index contributed by atoms with van der Waals surface area (Å²) in [7, 11) is -3.38. The molecule has 1 aromatic carbocycles. The first-order valence-electron chi connectivity index (χ1n) is 4.28. The lowest BCUT2D eigenvalue weighted by molar-refractivity contribution is 0.587. The Labute approximate surface area is 81.7 Å². The third-order valence-electron chi connectivity index (χ3n) is 2.52. The molecule has 0 spiro atoms. The quantitative estimate of drug-likeness (QED) is 0.741. The van der Waals surface area contributed by atoms with E-state index in [9.17, 15) is 12.8 Å². The summed E-state index contributed by atoms with van der Waals surface area (Å²) in [5, 5.41) is -0.658. The maximum Gasteiger partial charge on any atom is 0.183 e. The number of fused-ring (bicyclic) bond motifs is 1. The van der Waals surface area contributed by atoms with Crippen molar-refractivity contribution in [2.45, 2.75) is 16.6 Å². The lowest BCUT2D eigenvalue weighted by atomic mass is 10.1. The van der Waals surface area contributed by atoms with Crippen molar-refractivity contribution >= 4 is 9.84 Å². The molecule has 1 aliphatic heterocycles. The van der Waals surface area contributed by atoms with Crippen molar-refractivity contribution in [1.29, 1.82) is 0 Å². The molecular formula is C9H10FNO2S. The number of nitrogens with two attached hydrogens (primary N) is 1. The summed E-state index contributed by atoms with van der Waals surface area (Å²) < 4.78 is 36.7. The van der Waals surface area contributed by atoms with Crippen LogP contribution in [0.1, 0.15) is 5.56 Å².